The number of rotatable bonds is 3. The summed E-state index contributed by atoms with van der Waals surface area (Å²) < 4.78 is 0. The molecule has 3 rings (SSSR count). The van der Waals surface area contributed by atoms with Crippen LogP contribution in [-0.2, 0) is 11.2 Å². The van der Waals surface area contributed by atoms with Gasteiger partial charge in [-0.1, -0.05) is 13.5 Å². The molecule has 1 fully saturated rings. The number of carbonyl (C=O) groups is 2. The van der Waals surface area contributed by atoms with Crippen LogP contribution >= 0.6 is 0 Å². The second-order valence-corrected chi connectivity index (χ2v) is 6.96. The van der Waals surface area contributed by atoms with E-state index in [1.54, 1.807) is 4.90 Å². The van der Waals surface area contributed by atoms with E-state index in [-0.39, 0.29) is 17.9 Å². The highest BCUT2D eigenvalue weighted by Gasteiger charge is 2.29. The van der Waals surface area contributed by atoms with E-state index in [1.165, 1.54) is 6.08 Å². The zero-order chi connectivity index (χ0) is 18.0. The number of fused-ring (bicyclic) bond motifs is 1. The van der Waals surface area contributed by atoms with Gasteiger partial charge in [0.2, 0.25) is 5.91 Å². The molecule has 2 amide bonds. The summed E-state index contributed by atoms with van der Waals surface area (Å²) in [5.41, 5.74) is 2.72. The van der Waals surface area contributed by atoms with Crippen molar-refractivity contribution in [2.45, 2.75) is 32.2 Å². The molecule has 2 heterocycles. The maximum Gasteiger partial charge on any atom is 0.254 e. The van der Waals surface area contributed by atoms with Gasteiger partial charge in [0.15, 0.2) is 0 Å². The van der Waals surface area contributed by atoms with Crippen LogP contribution in [-0.4, -0.2) is 60.9 Å². The van der Waals surface area contributed by atoms with Gasteiger partial charge in [0, 0.05) is 43.5 Å². The smallest absolute Gasteiger partial charge is 0.254 e. The lowest BCUT2D eigenvalue weighted by atomic mass is 9.98. The van der Waals surface area contributed by atoms with E-state index in [4.69, 9.17) is 0 Å². The van der Waals surface area contributed by atoms with Crippen molar-refractivity contribution < 1.29 is 9.59 Å². The Labute approximate surface area is 149 Å². The van der Waals surface area contributed by atoms with Crippen LogP contribution in [0.3, 0.4) is 0 Å². The predicted molar refractivity (Wildman–Crippen MR) is 99.9 cm³/mol. The second kappa shape index (κ2) is 7.40. The monoisotopic (exact) mass is 341 g/mol. The summed E-state index contributed by atoms with van der Waals surface area (Å²) in [6, 6.07) is 6.02. The van der Waals surface area contributed by atoms with Gasteiger partial charge in [-0.3, -0.25) is 9.59 Å². The van der Waals surface area contributed by atoms with Crippen molar-refractivity contribution in [3.8, 4) is 0 Å². The van der Waals surface area contributed by atoms with Gasteiger partial charge in [0.1, 0.15) is 0 Å². The molecule has 25 heavy (non-hydrogen) atoms. The molecule has 1 unspecified atom stereocenters. The number of amides is 2. The number of hydrogen-bond acceptors (Lipinski definition) is 3. The van der Waals surface area contributed by atoms with Gasteiger partial charge in [0.25, 0.3) is 5.91 Å². The van der Waals surface area contributed by atoms with Crippen LogP contribution in [0.4, 0.5) is 5.69 Å². The maximum atomic E-state index is 13.0. The summed E-state index contributed by atoms with van der Waals surface area (Å²) in [5.74, 6) is 0.0278. The van der Waals surface area contributed by atoms with Crippen molar-refractivity contribution in [1.82, 2.24) is 9.80 Å². The van der Waals surface area contributed by atoms with Crippen LogP contribution in [0.1, 0.15) is 35.7 Å². The third-order valence-electron chi connectivity index (χ3n) is 5.30. The van der Waals surface area contributed by atoms with Crippen LogP contribution in [0.15, 0.2) is 30.9 Å². The first kappa shape index (κ1) is 17.7. The van der Waals surface area contributed by atoms with Gasteiger partial charge < -0.3 is 14.7 Å². The molecule has 0 aliphatic carbocycles. The minimum absolute atomic E-state index is 0.0786. The molecule has 2 aliphatic heterocycles. The summed E-state index contributed by atoms with van der Waals surface area (Å²) in [5, 5.41) is 0. The molecule has 0 bridgehead atoms. The van der Waals surface area contributed by atoms with Crippen LogP contribution in [0.5, 0.6) is 0 Å². The molecule has 1 aromatic rings. The summed E-state index contributed by atoms with van der Waals surface area (Å²) in [7, 11) is 2.11. The Kier molecular flexibility index (Phi) is 5.23. The molecule has 0 radical (unpaired) electrons. The Balaban J connectivity index is 1.85. The third-order valence-corrected chi connectivity index (χ3v) is 5.30. The zero-order valence-electron chi connectivity index (χ0n) is 15.2. The Morgan fingerprint density at radius 1 is 1.28 bits per heavy atom. The molecule has 2 aliphatic rings. The molecule has 1 aromatic carbocycles. The van der Waals surface area contributed by atoms with Crippen LogP contribution in [0.25, 0.3) is 0 Å². The summed E-state index contributed by atoms with van der Waals surface area (Å²) in [4.78, 5) is 31.1. The van der Waals surface area contributed by atoms with Gasteiger partial charge in [-0.15, -0.1) is 0 Å². The first-order valence-electron chi connectivity index (χ1n) is 9.11. The first-order valence-corrected chi connectivity index (χ1v) is 9.11. The lowest BCUT2D eigenvalue weighted by Gasteiger charge is -2.40. The molecule has 1 atom stereocenters. The SMILES string of the molecule is C=CC(=O)N1CCCc2cc(C(=O)N3CCN(C)CC3CC)ccc21. The largest absolute Gasteiger partial charge is 0.333 e. The minimum atomic E-state index is -0.0786. The number of piperazine rings is 1. The molecule has 1 saturated heterocycles. The first-order chi connectivity index (χ1) is 12.0. The Morgan fingerprint density at radius 3 is 2.80 bits per heavy atom. The molecule has 0 aromatic heterocycles. The number of aryl methyl sites for hydroxylation is 1. The van der Waals surface area contributed by atoms with Crippen molar-refractivity contribution >= 4 is 17.5 Å². The van der Waals surface area contributed by atoms with Crippen LogP contribution in [0, 0.1) is 0 Å². The lowest BCUT2D eigenvalue weighted by molar-refractivity contribution is -0.114. The van der Waals surface area contributed by atoms with Gasteiger partial charge >= 0.3 is 0 Å². The van der Waals surface area contributed by atoms with E-state index in [1.807, 2.05) is 23.1 Å². The highest BCUT2D eigenvalue weighted by Crippen LogP contribution is 2.29. The molecule has 0 spiro atoms. The third kappa shape index (κ3) is 3.47. The Hall–Kier alpha value is -2.14. The normalized spacial score (nSPS) is 21.0. The van der Waals surface area contributed by atoms with Crippen molar-refractivity contribution in [3.63, 3.8) is 0 Å². The fraction of sp³-hybridized carbons (Fsp3) is 0.500. The number of hydrogen-bond donors (Lipinski definition) is 0. The molecule has 5 nitrogen and oxygen atoms in total. The average molecular weight is 341 g/mol. The maximum absolute atomic E-state index is 13.0. The van der Waals surface area contributed by atoms with Gasteiger partial charge in [-0.2, -0.15) is 0 Å². The summed E-state index contributed by atoms with van der Waals surface area (Å²) in [6.45, 7) is 9.03. The standard InChI is InChI=1S/C20H27N3O2/c1-4-17-14-21(3)11-12-22(17)20(25)16-8-9-18-15(13-16)7-6-10-23(18)19(24)5-2/h5,8-9,13,17H,2,4,6-7,10-12,14H2,1,3H3. The van der Waals surface area contributed by atoms with Crippen molar-refractivity contribution in [1.29, 1.82) is 0 Å². The molecular formula is C20H27N3O2. The van der Waals surface area contributed by atoms with E-state index in [0.29, 0.717) is 6.54 Å². The quantitative estimate of drug-likeness (QED) is 0.793. The average Bonchev–Trinajstić information content (AvgIpc) is 2.65. The van der Waals surface area contributed by atoms with Gasteiger partial charge in [0.05, 0.1) is 0 Å². The minimum Gasteiger partial charge on any atom is -0.333 e. The van der Waals surface area contributed by atoms with Crippen LogP contribution in [0.2, 0.25) is 0 Å². The summed E-state index contributed by atoms with van der Waals surface area (Å²) >= 11 is 0. The fourth-order valence-corrected chi connectivity index (χ4v) is 3.86. The van der Waals surface area contributed by atoms with E-state index in [0.717, 1.165) is 55.7 Å². The number of carbonyl (C=O) groups excluding carboxylic acids is 2. The molecule has 5 heteroatoms. The van der Waals surface area contributed by atoms with E-state index < -0.39 is 0 Å². The zero-order valence-corrected chi connectivity index (χ0v) is 15.2. The topological polar surface area (TPSA) is 43.9 Å². The Bertz CT molecular complexity index is 686. The van der Waals surface area contributed by atoms with Crippen LogP contribution < -0.4 is 4.90 Å². The van der Waals surface area contributed by atoms with Crippen molar-refractivity contribution in [3.05, 3.63) is 42.0 Å². The number of anilines is 1. The van der Waals surface area contributed by atoms with Crippen molar-refractivity contribution in [2.24, 2.45) is 0 Å². The number of benzene rings is 1. The summed E-state index contributed by atoms with van der Waals surface area (Å²) in [6.07, 6.45) is 4.13. The highest BCUT2D eigenvalue weighted by atomic mass is 16.2. The lowest BCUT2D eigenvalue weighted by Crippen LogP contribution is -2.53. The number of nitrogens with zero attached hydrogens (tertiary/aromatic N) is 3. The molecular weight excluding hydrogens is 314 g/mol. The van der Waals surface area contributed by atoms with E-state index >= 15 is 0 Å². The van der Waals surface area contributed by atoms with E-state index in [9.17, 15) is 9.59 Å². The molecule has 134 valence electrons. The second-order valence-electron chi connectivity index (χ2n) is 6.96. The van der Waals surface area contributed by atoms with Crippen molar-refractivity contribution in [2.75, 3.05) is 38.1 Å². The van der Waals surface area contributed by atoms with E-state index in [2.05, 4.69) is 25.5 Å². The Morgan fingerprint density at radius 2 is 2.08 bits per heavy atom. The molecule has 0 saturated carbocycles. The fourth-order valence-electron chi connectivity index (χ4n) is 3.86. The highest BCUT2D eigenvalue weighted by molar-refractivity contribution is 6.02. The number of likely N-dealkylation sites (N-methyl/N-ethyl adjacent to an activating group) is 1. The van der Waals surface area contributed by atoms with Gasteiger partial charge in [-0.05, 0) is 56.1 Å². The van der Waals surface area contributed by atoms with Gasteiger partial charge in [-0.25, -0.2) is 0 Å². The molecule has 0 N–H and O–H groups in total. The predicted octanol–water partition coefficient (Wildman–Crippen LogP) is 2.32.